The van der Waals surface area contributed by atoms with Crippen molar-refractivity contribution in [1.82, 2.24) is 9.97 Å². The van der Waals surface area contributed by atoms with E-state index in [2.05, 4.69) is 15.3 Å². The van der Waals surface area contributed by atoms with Gasteiger partial charge in [-0.2, -0.15) is 0 Å². The molecule has 3 saturated heterocycles. The number of aromatic nitrogens is 2. The smallest absolute Gasteiger partial charge is 0.343 e. The van der Waals surface area contributed by atoms with E-state index >= 15 is 0 Å². The summed E-state index contributed by atoms with van der Waals surface area (Å²) in [5.74, 6) is -0.141. The molecule has 1 unspecified atom stereocenters. The van der Waals surface area contributed by atoms with Crippen LogP contribution in [0.15, 0.2) is 41.6 Å². The Morgan fingerprint density at radius 1 is 1.18 bits per heavy atom. The molecular formula is C25H33N4O5+. The van der Waals surface area contributed by atoms with Crippen LogP contribution in [0.4, 0.5) is 5.82 Å². The van der Waals surface area contributed by atoms with Crippen LogP contribution in [0, 0.1) is 11.8 Å². The number of aliphatic hydroxyl groups is 1. The van der Waals surface area contributed by atoms with Crippen LogP contribution in [0.3, 0.4) is 0 Å². The number of quaternary nitrogens is 1. The first-order valence-corrected chi connectivity index (χ1v) is 12.4. The van der Waals surface area contributed by atoms with Crippen molar-refractivity contribution >= 4 is 17.7 Å². The van der Waals surface area contributed by atoms with Gasteiger partial charge < -0.3 is 24.1 Å². The minimum atomic E-state index is -1.70. The van der Waals surface area contributed by atoms with Gasteiger partial charge in [0, 0.05) is 36.4 Å². The number of rotatable bonds is 7. The maximum Gasteiger partial charge on any atom is 0.343 e. The molecule has 0 radical (unpaired) electrons. The lowest BCUT2D eigenvalue weighted by molar-refractivity contribution is -0.939. The minimum absolute atomic E-state index is 0.110. The Labute approximate surface area is 199 Å². The predicted molar refractivity (Wildman–Crippen MR) is 122 cm³/mol. The first-order chi connectivity index (χ1) is 16.5. The second kappa shape index (κ2) is 9.46. The van der Waals surface area contributed by atoms with Crippen LogP contribution in [-0.4, -0.2) is 63.7 Å². The first-order valence-electron chi connectivity index (χ1n) is 12.4. The summed E-state index contributed by atoms with van der Waals surface area (Å²) >= 11 is 0. The number of piperidine rings is 3. The monoisotopic (exact) mass is 469 g/mol. The van der Waals surface area contributed by atoms with Gasteiger partial charge in [0.15, 0.2) is 18.2 Å². The number of anilines is 1. The molecule has 2 aromatic rings. The summed E-state index contributed by atoms with van der Waals surface area (Å²) in [7, 11) is 0. The lowest BCUT2D eigenvalue weighted by atomic mass is 9.74. The number of amides is 1. The van der Waals surface area contributed by atoms with E-state index in [9.17, 15) is 14.7 Å². The molecule has 9 nitrogen and oxygen atoms in total. The molecule has 9 heteroatoms. The molecule has 2 atom stereocenters. The lowest BCUT2D eigenvalue weighted by Gasteiger charge is -2.52. The molecule has 34 heavy (non-hydrogen) atoms. The topological polar surface area (TPSA) is 115 Å². The van der Waals surface area contributed by atoms with Gasteiger partial charge in [-0.1, -0.05) is 19.3 Å². The van der Waals surface area contributed by atoms with Gasteiger partial charge in [0.25, 0.3) is 5.91 Å². The number of hydrogen-bond donors (Lipinski definition) is 2. The number of esters is 1. The highest BCUT2D eigenvalue weighted by Crippen LogP contribution is 2.42. The fourth-order valence-corrected chi connectivity index (χ4v) is 6.18. The molecule has 2 bridgehead atoms. The predicted octanol–water partition coefficient (Wildman–Crippen LogP) is 2.63. The number of carbonyl (C=O) groups is 2. The lowest BCUT2D eigenvalue weighted by Crippen LogP contribution is -2.66. The Balaban J connectivity index is 1.29. The molecule has 1 aliphatic carbocycles. The summed E-state index contributed by atoms with van der Waals surface area (Å²) in [6.45, 7) is 2.65. The van der Waals surface area contributed by atoms with Gasteiger partial charge in [0.05, 0.1) is 25.6 Å². The number of carbonyl (C=O) groups excluding carboxylic acids is 2. The summed E-state index contributed by atoms with van der Waals surface area (Å²) in [6.07, 6.45) is 12.1. The minimum Gasteiger partial charge on any atom is -0.472 e. The zero-order valence-electron chi connectivity index (χ0n) is 19.4. The normalized spacial score (nSPS) is 28.7. The van der Waals surface area contributed by atoms with Crippen LogP contribution in [0.1, 0.15) is 50.5 Å². The van der Waals surface area contributed by atoms with Gasteiger partial charge in [0.2, 0.25) is 0 Å². The highest BCUT2D eigenvalue weighted by Gasteiger charge is 2.53. The highest BCUT2D eigenvalue weighted by atomic mass is 16.6. The Morgan fingerprint density at radius 2 is 1.97 bits per heavy atom. The number of nitrogens with one attached hydrogen (secondary N) is 1. The van der Waals surface area contributed by atoms with Gasteiger partial charge in [-0.25, -0.2) is 14.8 Å². The van der Waals surface area contributed by atoms with Gasteiger partial charge >= 0.3 is 5.97 Å². The van der Waals surface area contributed by atoms with Gasteiger partial charge in [0.1, 0.15) is 18.7 Å². The van der Waals surface area contributed by atoms with Crippen LogP contribution < -0.4 is 5.32 Å². The largest absolute Gasteiger partial charge is 0.472 e. The van der Waals surface area contributed by atoms with E-state index in [1.54, 1.807) is 18.3 Å². The zero-order valence-corrected chi connectivity index (χ0v) is 19.4. The van der Waals surface area contributed by atoms with Gasteiger partial charge in [-0.3, -0.25) is 4.79 Å². The zero-order chi connectivity index (χ0) is 23.6. The molecule has 5 heterocycles. The summed E-state index contributed by atoms with van der Waals surface area (Å²) < 4.78 is 11.9. The molecule has 1 amide bonds. The van der Waals surface area contributed by atoms with Crippen molar-refractivity contribution in [3.05, 3.63) is 42.7 Å². The Hall–Kier alpha value is -2.78. The number of fused-ring (bicyclic) bond motifs is 3. The molecule has 2 aromatic heterocycles. The quantitative estimate of drug-likeness (QED) is 0.473. The van der Waals surface area contributed by atoms with Crippen molar-refractivity contribution in [3.8, 4) is 0 Å². The third-order valence-electron chi connectivity index (χ3n) is 8.10. The standard InChI is InChI=1S/C25H32N4O5/c30-23(28-22-6-10-26-17-27-22)15-29-11-7-18(8-12-29)21(14-29)34-24(31)25(32,20-9-13-33-16-20)19-4-2-1-3-5-19/h6,9-10,13,16-19,21,32H,1-5,7-8,11-12,14-15H2/p+1/t18?,21?,25-,29?/m1/s1. The maximum absolute atomic E-state index is 13.6. The molecule has 4 aliphatic rings. The van der Waals surface area contributed by atoms with Crippen LogP contribution in [0.25, 0.3) is 0 Å². The molecule has 0 spiro atoms. The molecule has 1 saturated carbocycles. The van der Waals surface area contributed by atoms with E-state index in [0.29, 0.717) is 29.0 Å². The van der Waals surface area contributed by atoms with Crippen molar-refractivity contribution in [3.63, 3.8) is 0 Å². The SMILES string of the molecule is O=C(C[N+]12CCC(CC1)C(OC(=O)[C@](O)(c1ccoc1)C1CCCCC1)C2)Nc1ccncn1. The maximum atomic E-state index is 13.6. The first kappa shape index (κ1) is 23.0. The van der Waals surface area contributed by atoms with Crippen LogP contribution in [0.2, 0.25) is 0 Å². The van der Waals surface area contributed by atoms with Crippen LogP contribution in [0.5, 0.6) is 0 Å². The summed E-state index contributed by atoms with van der Waals surface area (Å²) in [4.78, 5) is 34.3. The van der Waals surface area contributed by atoms with Crippen molar-refractivity contribution in [2.75, 3.05) is 31.5 Å². The molecule has 2 N–H and O–H groups in total. The molecule has 3 aliphatic heterocycles. The van der Waals surface area contributed by atoms with E-state index in [4.69, 9.17) is 9.15 Å². The average Bonchev–Trinajstić information content (AvgIpc) is 3.40. The van der Waals surface area contributed by atoms with E-state index in [-0.39, 0.29) is 23.8 Å². The number of ether oxygens (including phenoxy) is 1. The Kier molecular flexibility index (Phi) is 6.40. The van der Waals surface area contributed by atoms with E-state index in [1.165, 1.54) is 18.9 Å². The third kappa shape index (κ3) is 4.46. The molecule has 4 fully saturated rings. The molecule has 6 rings (SSSR count). The van der Waals surface area contributed by atoms with Gasteiger partial charge in [-0.15, -0.1) is 0 Å². The Bertz CT molecular complexity index is 984. The fraction of sp³-hybridized carbons (Fsp3) is 0.600. The second-order valence-corrected chi connectivity index (χ2v) is 10.2. The summed E-state index contributed by atoms with van der Waals surface area (Å²) in [5.41, 5.74) is -1.23. The fourth-order valence-electron chi connectivity index (χ4n) is 6.18. The molecule has 182 valence electrons. The number of hydrogen-bond acceptors (Lipinski definition) is 7. The summed E-state index contributed by atoms with van der Waals surface area (Å²) in [5, 5.41) is 14.6. The third-order valence-corrected chi connectivity index (χ3v) is 8.10. The van der Waals surface area contributed by atoms with Crippen molar-refractivity contribution in [1.29, 1.82) is 0 Å². The van der Waals surface area contributed by atoms with Crippen LogP contribution in [-0.2, 0) is 19.9 Å². The van der Waals surface area contributed by atoms with E-state index < -0.39 is 11.6 Å². The Morgan fingerprint density at radius 3 is 2.65 bits per heavy atom. The van der Waals surface area contributed by atoms with Crippen molar-refractivity contribution in [2.24, 2.45) is 11.8 Å². The van der Waals surface area contributed by atoms with E-state index in [0.717, 1.165) is 58.0 Å². The molecule has 0 aromatic carbocycles. The van der Waals surface area contributed by atoms with Crippen LogP contribution >= 0.6 is 0 Å². The van der Waals surface area contributed by atoms with Gasteiger partial charge in [-0.05, 0) is 25.0 Å². The van der Waals surface area contributed by atoms with Crippen molar-refractivity contribution < 1.29 is 28.3 Å². The highest BCUT2D eigenvalue weighted by molar-refractivity contribution is 5.90. The number of nitrogens with zero attached hydrogens (tertiary/aromatic N) is 3. The second-order valence-electron chi connectivity index (χ2n) is 10.2. The van der Waals surface area contributed by atoms with E-state index in [1.807, 2.05) is 0 Å². The summed E-state index contributed by atoms with van der Waals surface area (Å²) in [6, 6.07) is 3.32. The number of furan rings is 1. The van der Waals surface area contributed by atoms with Crippen molar-refractivity contribution in [2.45, 2.75) is 56.7 Å². The molecular weight excluding hydrogens is 436 g/mol. The average molecular weight is 470 g/mol.